The lowest BCUT2D eigenvalue weighted by molar-refractivity contribution is 0.239. The highest BCUT2D eigenvalue weighted by Gasteiger charge is 2.26. The fourth-order valence-corrected chi connectivity index (χ4v) is 4.16. The second-order valence-electron chi connectivity index (χ2n) is 8.56. The number of aliphatic imine (C=N–C) groups is 1. The number of pyridine rings is 1. The Balaban J connectivity index is 1.35. The lowest BCUT2D eigenvalue weighted by Crippen LogP contribution is -2.42. The first kappa shape index (κ1) is 22.4. The van der Waals surface area contributed by atoms with Crippen molar-refractivity contribution in [1.82, 2.24) is 20.5 Å². The van der Waals surface area contributed by atoms with Gasteiger partial charge in [-0.25, -0.2) is 4.98 Å². The van der Waals surface area contributed by atoms with Gasteiger partial charge in [0.05, 0.1) is 19.8 Å². The van der Waals surface area contributed by atoms with E-state index >= 15 is 0 Å². The summed E-state index contributed by atoms with van der Waals surface area (Å²) in [4.78, 5) is 11.3. The molecule has 32 heavy (non-hydrogen) atoms. The fraction of sp³-hybridized carbons (Fsp3) is 0.520. The summed E-state index contributed by atoms with van der Waals surface area (Å²) in [5.74, 6) is 3.13. The molecule has 1 aromatic carbocycles. The SMILES string of the molecule is CN=C(NCc1ccnc(OCC2CC2)c1)NCC(c1ccccc1OC)N1CCCC1. The molecule has 7 nitrogen and oxygen atoms in total. The normalized spacial score (nSPS) is 17.8. The molecule has 2 fully saturated rings. The molecule has 1 atom stereocenters. The van der Waals surface area contributed by atoms with Gasteiger partial charge in [0.2, 0.25) is 5.88 Å². The van der Waals surface area contributed by atoms with Gasteiger partial charge in [-0.2, -0.15) is 0 Å². The van der Waals surface area contributed by atoms with Crippen LogP contribution in [-0.4, -0.2) is 56.2 Å². The standard InChI is InChI=1S/C25H35N5O2/c1-26-25(28-16-20-11-12-27-24(15-20)32-18-19-9-10-19)29-17-22(30-13-5-6-14-30)21-7-3-4-8-23(21)31-2/h3-4,7-8,11-12,15,19,22H,5-6,9-10,13-14,16-18H2,1-2H3,(H2,26,28,29). The molecule has 2 heterocycles. The maximum absolute atomic E-state index is 5.81. The number of methoxy groups -OCH3 is 1. The molecule has 1 saturated heterocycles. The first-order chi connectivity index (χ1) is 15.8. The number of rotatable bonds is 10. The van der Waals surface area contributed by atoms with E-state index in [4.69, 9.17) is 9.47 Å². The summed E-state index contributed by atoms with van der Waals surface area (Å²) in [6.07, 6.45) is 6.84. The average molecular weight is 438 g/mol. The van der Waals surface area contributed by atoms with E-state index in [9.17, 15) is 0 Å². The summed E-state index contributed by atoms with van der Waals surface area (Å²) in [6, 6.07) is 12.6. The van der Waals surface area contributed by atoms with E-state index in [1.54, 1.807) is 20.4 Å². The number of guanidine groups is 1. The van der Waals surface area contributed by atoms with Crippen LogP contribution in [-0.2, 0) is 6.54 Å². The predicted molar refractivity (Wildman–Crippen MR) is 127 cm³/mol. The van der Waals surface area contributed by atoms with Crippen LogP contribution in [0, 0.1) is 5.92 Å². The van der Waals surface area contributed by atoms with Crippen molar-refractivity contribution in [2.24, 2.45) is 10.9 Å². The molecule has 2 aromatic rings. The van der Waals surface area contributed by atoms with Crippen molar-refractivity contribution in [2.75, 3.05) is 40.4 Å². The van der Waals surface area contributed by atoms with Gasteiger partial charge in [0.25, 0.3) is 0 Å². The van der Waals surface area contributed by atoms with Gasteiger partial charge in [-0.3, -0.25) is 9.89 Å². The predicted octanol–water partition coefficient (Wildman–Crippen LogP) is 3.38. The minimum Gasteiger partial charge on any atom is -0.496 e. The van der Waals surface area contributed by atoms with Crippen LogP contribution < -0.4 is 20.1 Å². The number of para-hydroxylation sites is 1. The summed E-state index contributed by atoms with van der Waals surface area (Å²) in [7, 11) is 3.55. The maximum atomic E-state index is 5.81. The molecule has 1 saturated carbocycles. The Hall–Kier alpha value is -2.80. The van der Waals surface area contributed by atoms with Crippen LogP contribution in [0.25, 0.3) is 0 Å². The van der Waals surface area contributed by atoms with Crippen LogP contribution in [0.3, 0.4) is 0 Å². The summed E-state index contributed by atoms with van der Waals surface area (Å²) >= 11 is 0. The molecular formula is C25H35N5O2. The van der Waals surface area contributed by atoms with Crippen molar-refractivity contribution in [3.05, 3.63) is 53.7 Å². The van der Waals surface area contributed by atoms with Crippen molar-refractivity contribution < 1.29 is 9.47 Å². The van der Waals surface area contributed by atoms with Crippen LogP contribution in [0.4, 0.5) is 0 Å². The van der Waals surface area contributed by atoms with E-state index in [-0.39, 0.29) is 6.04 Å². The molecule has 4 rings (SSSR count). The summed E-state index contributed by atoms with van der Waals surface area (Å²) in [6.45, 7) is 4.40. The molecule has 172 valence electrons. The number of hydrogen-bond donors (Lipinski definition) is 2. The number of nitrogens with zero attached hydrogens (tertiary/aromatic N) is 3. The van der Waals surface area contributed by atoms with Gasteiger partial charge in [-0.05, 0) is 62.4 Å². The minimum atomic E-state index is 0.232. The van der Waals surface area contributed by atoms with E-state index in [2.05, 4.69) is 37.6 Å². The van der Waals surface area contributed by atoms with Crippen molar-refractivity contribution in [2.45, 2.75) is 38.3 Å². The number of likely N-dealkylation sites (tertiary alicyclic amines) is 1. The zero-order valence-corrected chi connectivity index (χ0v) is 19.2. The molecular weight excluding hydrogens is 402 g/mol. The number of benzene rings is 1. The van der Waals surface area contributed by atoms with E-state index in [1.807, 2.05) is 24.3 Å². The zero-order chi connectivity index (χ0) is 22.2. The van der Waals surface area contributed by atoms with Gasteiger partial charge in [0, 0.05) is 38.0 Å². The Morgan fingerprint density at radius 2 is 2.00 bits per heavy atom. The highest BCUT2D eigenvalue weighted by Crippen LogP contribution is 2.31. The van der Waals surface area contributed by atoms with Crippen LogP contribution >= 0.6 is 0 Å². The summed E-state index contributed by atoms with van der Waals surface area (Å²) in [5.41, 5.74) is 2.33. The third kappa shape index (κ3) is 6.13. The van der Waals surface area contributed by atoms with Gasteiger partial charge in [-0.1, -0.05) is 18.2 Å². The first-order valence-electron chi connectivity index (χ1n) is 11.7. The Morgan fingerprint density at radius 3 is 2.75 bits per heavy atom. The first-order valence-corrected chi connectivity index (χ1v) is 11.7. The third-order valence-electron chi connectivity index (χ3n) is 6.19. The van der Waals surface area contributed by atoms with Gasteiger partial charge in [0.1, 0.15) is 5.75 Å². The Morgan fingerprint density at radius 1 is 1.19 bits per heavy atom. The molecule has 1 aliphatic heterocycles. The summed E-state index contributed by atoms with van der Waals surface area (Å²) < 4.78 is 11.5. The van der Waals surface area contributed by atoms with E-state index < -0.39 is 0 Å². The largest absolute Gasteiger partial charge is 0.496 e. The van der Waals surface area contributed by atoms with Crippen LogP contribution in [0.5, 0.6) is 11.6 Å². The lowest BCUT2D eigenvalue weighted by atomic mass is 10.0. The molecule has 1 aromatic heterocycles. The Labute approximate surface area is 191 Å². The second kappa shape index (κ2) is 11.2. The van der Waals surface area contributed by atoms with Crippen LogP contribution in [0.15, 0.2) is 47.6 Å². The second-order valence-corrected chi connectivity index (χ2v) is 8.56. The molecule has 0 bridgehead atoms. The Kier molecular flexibility index (Phi) is 7.82. The van der Waals surface area contributed by atoms with E-state index in [1.165, 1.54) is 31.2 Å². The van der Waals surface area contributed by atoms with Gasteiger partial charge in [0.15, 0.2) is 5.96 Å². The van der Waals surface area contributed by atoms with Gasteiger partial charge >= 0.3 is 0 Å². The molecule has 0 amide bonds. The van der Waals surface area contributed by atoms with Crippen molar-refractivity contribution in [3.8, 4) is 11.6 Å². The molecule has 1 aliphatic carbocycles. The highest BCUT2D eigenvalue weighted by molar-refractivity contribution is 5.79. The number of ether oxygens (including phenoxy) is 2. The van der Waals surface area contributed by atoms with Gasteiger partial charge < -0.3 is 20.1 Å². The molecule has 0 radical (unpaired) electrons. The quantitative estimate of drug-likeness (QED) is 0.439. The smallest absolute Gasteiger partial charge is 0.213 e. The van der Waals surface area contributed by atoms with Crippen molar-refractivity contribution >= 4 is 5.96 Å². The van der Waals surface area contributed by atoms with E-state index in [0.29, 0.717) is 18.3 Å². The number of hydrogen-bond acceptors (Lipinski definition) is 5. The molecule has 2 N–H and O–H groups in total. The molecule has 2 aliphatic rings. The topological polar surface area (TPSA) is 71.0 Å². The lowest BCUT2D eigenvalue weighted by Gasteiger charge is -2.30. The Bertz CT molecular complexity index is 893. The minimum absolute atomic E-state index is 0.232. The molecule has 1 unspecified atom stereocenters. The average Bonchev–Trinajstić information content (AvgIpc) is 3.52. The van der Waals surface area contributed by atoms with Crippen molar-refractivity contribution in [1.29, 1.82) is 0 Å². The zero-order valence-electron chi connectivity index (χ0n) is 19.2. The fourth-order valence-electron chi connectivity index (χ4n) is 4.16. The number of aromatic nitrogens is 1. The molecule has 0 spiro atoms. The maximum Gasteiger partial charge on any atom is 0.213 e. The van der Waals surface area contributed by atoms with Crippen LogP contribution in [0.2, 0.25) is 0 Å². The number of nitrogens with one attached hydrogen (secondary N) is 2. The van der Waals surface area contributed by atoms with Gasteiger partial charge in [-0.15, -0.1) is 0 Å². The summed E-state index contributed by atoms with van der Waals surface area (Å²) in [5, 5.41) is 6.95. The van der Waals surface area contributed by atoms with Crippen LogP contribution in [0.1, 0.15) is 42.9 Å². The highest BCUT2D eigenvalue weighted by atomic mass is 16.5. The monoisotopic (exact) mass is 437 g/mol. The van der Waals surface area contributed by atoms with Crippen molar-refractivity contribution in [3.63, 3.8) is 0 Å². The van der Waals surface area contributed by atoms with E-state index in [0.717, 1.165) is 43.5 Å². The molecule has 7 heteroatoms. The third-order valence-corrected chi connectivity index (χ3v) is 6.19.